The highest BCUT2D eigenvalue weighted by Crippen LogP contribution is 2.50. The van der Waals surface area contributed by atoms with Gasteiger partial charge in [0.1, 0.15) is 23.7 Å². The lowest BCUT2D eigenvalue weighted by Crippen LogP contribution is -2.60. The first kappa shape index (κ1) is 36.7. The SMILES string of the molecule is CC[C@H]1O[C@]2(CC[C@@H]1C)C[C@@H]1C[C@@H](C/C=C(/C)[C@H](O)[C@@H](C)/C=C/C=C3\CO[C@@H]4[C@H](O[Si](C)(C)C(C)(C)C)C(C)=C[C@@H](C(=O)O1)[C@]34O)O2. The van der Waals surface area contributed by atoms with Gasteiger partial charge in [0.05, 0.1) is 31.0 Å². The fourth-order valence-corrected chi connectivity index (χ4v) is 9.11. The Morgan fingerprint density at radius 2 is 1.83 bits per heavy atom. The summed E-state index contributed by atoms with van der Waals surface area (Å²) in [5, 5.41) is 23.9. The molecule has 1 spiro atoms. The van der Waals surface area contributed by atoms with Crippen LogP contribution in [0.25, 0.3) is 0 Å². The van der Waals surface area contributed by atoms with Gasteiger partial charge in [-0.15, -0.1) is 0 Å². The molecule has 0 amide bonds. The van der Waals surface area contributed by atoms with E-state index in [0.717, 1.165) is 30.4 Å². The Morgan fingerprint density at radius 3 is 2.51 bits per heavy atom. The molecular formula is C38H60O8Si. The van der Waals surface area contributed by atoms with Crippen molar-refractivity contribution in [3.05, 3.63) is 47.1 Å². The minimum atomic E-state index is -2.28. The molecule has 2 N–H and O–H groups in total. The van der Waals surface area contributed by atoms with Gasteiger partial charge in [-0.25, -0.2) is 0 Å². The van der Waals surface area contributed by atoms with E-state index in [0.29, 0.717) is 30.8 Å². The largest absolute Gasteiger partial charge is 0.462 e. The quantitative estimate of drug-likeness (QED) is 0.189. The predicted octanol–water partition coefficient (Wildman–Crippen LogP) is 6.92. The van der Waals surface area contributed by atoms with Crippen LogP contribution in [0.15, 0.2) is 47.1 Å². The van der Waals surface area contributed by atoms with Crippen molar-refractivity contribution in [3.8, 4) is 0 Å². The van der Waals surface area contributed by atoms with Crippen molar-refractivity contribution < 1.29 is 38.4 Å². The third kappa shape index (κ3) is 7.19. The first-order chi connectivity index (χ1) is 21.9. The van der Waals surface area contributed by atoms with E-state index in [-0.39, 0.29) is 29.8 Å². The van der Waals surface area contributed by atoms with Crippen LogP contribution in [0.4, 0.5) is 0 Å². The zero-order valence-corrected chi connectivity index (χ0v) is 31.4. The Bertz CT molecular complexity index is 1290. The maximum Gasteiger partial charge on any atom is 0.316 e. The molecule has 0 aromatic carbocycles. The molecule has 1 aliphatic carbocycles. The fraction of sp³-hybridized carbons (Fsp3) is 0.763. The molecule has 0 unspecified atom stereocenters. The lowest BCUT2D eigenvalue weighted by molar-refractivity contribution is -0.335. The Morgan fingerprint density at radius 1 is 1.11 bits per heavy atom. The number of hydrogen-bond donors (Lipinski definition) is 2. The Labute approximate surface area is 283 Å². The maximum absolute atomic E-state index is 14.4. The number of hydrogen-bond acceptors (Lipinski definition) is 8. The molecule has 2 bridgehead atoms. The van der Waals surface area contributed by atoms with E-state index >= 15 is 0 Å². The van der Waals surface area contributed by atoms with E-state index in [9.17, 15) is 15.0 Å². The summed E-state index contributed by atoms with van der Waals surface area (Å²) in [5.41, 5.74) is 0.678. The summed E-state index contributed by atoms with van der Waals surface area (Å²) in [4.78, 5) is 14.4. The number of ether oxygens (including phenoxy) is 4. The molecule has 0 aromatic heterocycles. The topological polar surface area (TPSA) is 104 Å². The summed E-state index contributed by atoms with van der Waals surface area (Å²) in [6, 6.07) is 0. The molecule has 264 valence electrons. The zero-order valence-electron chi connectivity index (χ0n) is 30.4. The molecule has 0 saturated carbocycles. The van der Waals surface area contributed by atoms with Crippen molar-refractivity contribution in [1.82, 2.24) is 0 Å². The highest BCUT2D eigenvalue weighted by molar-refractivity contribution is 6.74. The molecule has 5 rings (SSSR count). The van der Waals surface area contributed by atoms with E-state index < -0.39 is 56.0 Å². The predicted molar refractivity (Wildman–Crippen MR) is 185 cm³/mol. The van der Waals surface area contributed by atoms with Gasteiger partial charge in [-0.05, 0) is 73.9 Å². The van der Waals surface area contributed by atoms with Gasteiger partial charge in [-0.2, -0.15) is 0 Å². The first-order valence-corrected chi connectivity index (χ1v) is 20.8. The van der Waals surface area contributed by atoms with Crippen molar-refractivity contribution >= 4 is 14.3 Å². The Kier molecular flexibility index (Phi) is 10.6. The summed E-state index contributed by atoms with van der Waals surface area (Å²) < 4.78 is 33.1. The molecular weight excluding hydrogens is 612 g/mol. The summed E-state index contributed by atoms with van der Waals surface area (Å²) in [6.07, 6.45) is 11.0. The second-order valence-electron chi connectivity index (χ2n) is 16.5. The van der Waals surface area contributed by atoms with Crippen LogP contribution in [0.1, 0.15) is 93.9 Å². The normalized spacial score (nSPS) is 44.8. The van der Waals surface area contributed by atoms with E-state index in [4.69, 9.17) is 23.4 Å². The average molecular weight is 673 g/mol. The molecule has 4 heterocycles. The lowest BCUT2D eigenvalue weighted by atomic mass is 9.71. The zero-order chi connectivity index (χ0) is 34.5. The van der Waals surface area contributed by atoms with Gasteiger partial charge in [0.2, 0.25) is 0 Å². The van der Waals surface area contributed by atoms with Gasteiger partial charge in [0, 0.05) is 25.2 Å². The van der Waals surface area contributed by atoms with Crippen LogP contribution in [-0.2, 0) is 28.2 Å². The molecule has 0 radical (unpaired) electrons. The minimum Gasteiger partial charge on any atom is -0.462 e. The van der Waals surface area contributed by atoms with Crippen molar-refractivity contribution in [1.29, 1.82) is 0 Å². The molecule has 3 fully saturated rings. The highest BCUT2D eigenvalue weighted by atomic mass is 28.4. The molecule has 9 heteroatoms. The van der Waals surface area contributed by atoms with Gasteiger partial charge >= 0.3 is 5.97 Å². The number of carbonyl (C=O) groups excluding carboxylic acids is 1. The lowest BCUT2D eigenvalue weighted by Gasteiger charge is -2.50. The highest BCUT2D eigenvalue weighted by Gasteiger charge is 2.61. The van der Waals surface area contributed by atoms with Crippen LogP contribution in [0.3, 0.4) is 0 Å². The average Bonchev–Trinajstić information content (AvgIpc) is 3.33. The number of esters is 1. The summed E-state index contributed by atoms with van der Waals surface area (Å²) >= 11 is 0. The van der Waals surface area contributed by atoms with E-state index in [1.54, 1.807) is 0 Å². The Balaban J connectivity index is 1.56. The third-order valence-electron chi connectivity index (χ3n) is 12.0. The third-order valence-corrected chi connectivity index (χ3v) is 16.4. The second-order valence-corrected chi connectivity index (χ2v) is 21.3. The van der Waals surface area contributed by atoms with Crippen LogP contribution >= 0.6 is 0 Å². The summed E-state index contributed by atoms with van der Waals surface area (Å²) in [5.74, 6) is -2.04. The summed E-state index contributed by atoms with van der Waals surface area (Å²) in [6.45, 7) is 21.4. The number of fused-ring (bicyclic) bond motifs is 2. The van der Waals surface area contributed by atoms with Crippen LogP contribution in [-0.4, -0.2) is 79.1 Å². The number of aliphatic hydroxyl groups excluding tert-OH is 1. The minimum absolute atomic E-state index is 0.0545. The van der Waals surface area contributed by atoms with Crippen molar-refractivity contribution in [3.63, 3.8) is 0 Å². The molecule has 3 saturated heterocycles. The first-order valence-electron chi connectivity index (χ1n) is 17.9. The molecule has 11 atom stereocenters. The van der Waals surface area contributed by atoms with Gasteiger partial charge in [0.15, 0.2) is 14.1 Å². The van der Waals surface area contributed by atoms with Crippen molar-refractivity contribution in [2.45, 2.75) is 160 Å². The van der Waals surface area contributed by atoms with Gasteiger partial charge in [0.25, 0.3) is 0 Å². The molecule has 5 aliphatic rings. The Hall–Kier alpha value is -1.59. The van der Waals surface area contributed by atoms with Crippen molar-refractivity contribution in [2.24, 2.45) is 17.8 Å². The molecule has 47 heavy (non-hydrogen) atoms. The van der Waals surface area contributed by atoms with Crippen LogP contribution in [0.2, 0.25) is 18.1 Å². The maximum atomic E-state index is 14.4. The number of aliphatic hydroxyl groups is 2. The fourth-order valence-electron chi connectivity index (χ4n) is 7.81. The molecule has 0 aromatic rings. The van der Waals surface area contributed by atoms with Gasteiger partial charge < -0.3 is 33.6 Å². The number of carbonyl (C=O) groups is 1. The van der Waals surface area contributed by atoms with Crippen LogP contribution < -0.4 is 0 Å². The molecule has 8 nitrogen and oxygen atoms in total. The van der Waals surface area contributed by atoms with Gasteiger partial charge in [-0.3, -0.25) is 4.79 Å². The smallest absolute Gasteiger partial charge is 0.316 e. The molecule has 4 aliphatic heterocycles. The standard InChI is InChI=1S/C38H60O8Si/c1-11-31-23(2)17-18-37(45-31)21-29-20-28(44-37)16-15-25(4)32(39)24(3)13-12-14-27-22-42-34-33(46-47(9,10)36(6,7)8)26(5)19-30(35(40)43-29)38(27,34)41/h12-15,19,23-24,28-34,39,41H,11,16-18,20-22H2,1-10H3/b13-12+,25-15-,27-14+/t23-,24-,28+,29-,30-,31+,32+,33+,34+,37+,38+/m0/s1. The van der Waals surface area contributed by atoms with E-state index in [1.807, 2.05) is 45.1 Å². The van der Waals surface area contributed by atoms with Crippen molar-refractivity contribution in [2.75, 3.05) is 6.61 Å². The monoisotopic (exact) mass is 672 g/mol. The van der Waals surface area contributed by atoms with E-state index in [2.05, 4.69) is 53.8 Å². The number of allylic oxidation sites excluding steroid dienone is 2. The van der Waals surface area contributed by atoms with Gasteiger partial charge in [-0.1, -0.05) is 71.9 Å². The number of rotatable bonds is 3. The van der Waals surface area contributed by atoms with E-state index in [1.165, 1.54) is 0 Å². The van der Waals surface area contributed by atoms with Crippen LogP contribution in [0, 0.1) is 17.8 Å². The van der Waals surface area contributed by atoms with Crippen LogP contribution in [0.5, 0.6) is 0 Å². The summed E-state index contributed by atoms with van der Waals surface area (Å²) in [7, 11) is -2.28. The second kappa shape index (κ2) is 13.6.